The maximum absolute atomic E-state index is 13.5. The fourth-order valence-electron chi connectivity index (χ4n) is 4.24. The van der Waals surface area contributed by atoms with Crippen LogP contribution in [0.5, 0.6) is 0 Å². The van der Waals surface area contributed by atoms with E-state index in [-0.39, 0.29) is 38.0 Å². The highest BCUT2D eigenvalue weighted by atomic mass is 32.2. The summed E-state index contributed by atoms with van der Waals surface area (Å²) >= 11 is 1.55. The van der Waals surface area contributed by atoms with E-state index in [1.54, 1.807) is 11.8 Å². The highest BCUT2D eigenvalue weighted by molar-refractivity contribution is 7.98. The largest absolute Gasteiger partial charge is 0.480 e. The minimum atomic E-state index is -1.39. The van der Waals surface area contributed by atoms with E-state index in [4.69, 9.17) is 22.9 Å². The van der Waals surface area contributed by atoms with E-state index < -0.39 is 65.7 Å². The second-order valence-electron chi connectivity index (χ2n) is 11.2. The van der Waals surface area contributed by atoms with Crippen molar-refractivity contribution in [2.75, 3.05) is 25.1 Å². The number of amides is 5. The molecular weight excluding hydrogens is 592 g/mol. The fourth-order valence-corrected chi connectivity index (χ4v) is 4.73. The van der Waals surface area contributed by atoms with Gasteiger partial charge in [-0.05, 0) is 88.8 Å². The summed E-state index contributed by atoms with van der Waals surface area (Å²) in [5, 5.41) is 20.0. The topological polar surface area (TPSA) is 275 Å². The number of unbranched alkanes of at least 4 members (excludes halogenated alkanes) is 2. The molecule has 0 heterocycles. The van der Waals surface area contributed by atoms with Crippen molar-refractivity contribution in [2.24, 2.45) is 28.9 Å². The second kappa shape index (κ2) is 23.4. The van der Waals surface area contributed by atoms with Crippen molar-refractivity contribution in [1.82, 2.24) is 21.3 Å². The van der Waals surface area contributed by atoms with Gasteiger partial charge >= 0.3 is 5.97 Å². The van der Waals surface area contributed by atoms with E-state index in [9.17, 15) is 33.9 Å². The molecule has 0 rings (SSSR count). The lowest BCUT2D eigenvalue weighted by Crippen LogP contribution is -2.58. The van der Waals surface area contributed by atoms with Gasteiger partial charge in [-0.25, -0.2) is 4.79 Å². The third-order valence-corrected chi connectivity index (χ3v) is 7.41. The van der Waals surface area contributed by atoms with Crippen LogP contribution in [0.4, 0.5) is 0 Å². The number of primary amides is 1. The van der Waals surface area contributed by atoms with Crippen LogP contribution in [0.25, 0.3) is 0 Å². The monoisotopic (exact) mass is 646 g/mol. The standard InChI is InChI=1S/C28H54N8O7S/c1-17(2)16-22(36-26(40)19(8-4-6-13-29)33-24(38)18(31)12-15-44-3)27(41)34-20(9-5-7-14-30)25(39)35-21(28(42)43)10-11-23(32)37/h17-22H,4-16,29-31H2,1-3H3,(H2,32,37)(H,33,38)(H,34,41)(H,35,39)(H,36,40)(H,42,43)/t18-,19-,20-,21-,22-/m0/s1. The number of carboxylic acids is 1. The first-order valence-corrected chi connectivity index (χ1v) is 16.5. The van der Waals surface area contributed by atoms with Gasteiger partial charge in [-0.15, -0.1) is 0 Å². The molecule has 0 aromatic heterocycles. The van der Waals surface area contributed by atoms with E-state index in [0.717, 1.165) is 0 Å². The molecule has 0 aliphatic heterocycles. The Kier molecular flexibility index (Phi) is 21.9. The van der Waals surface area contributed by atoms with E-state index in [0.29, 0.717) is 50.9 Å². The second-order valence-corrected chi connectivity index (χ2v) is 12.2. The van der Waals surface area contributed by atoms with Gasteiger partial charge in [0.15, 0.2) is 0 Å². The molecule has 0 saturated heterocycles. The molecule has 0 aromatic rings. The quantitative estimate of drug-likeness (QED) is 0.0524. The summed E-state index contributed by atoms with van der Waals surface area (Å²) in [6.45, 7) is 4.48. The summed E-state index contributed by atoms with van der Waals surface area (Å²) in [6.07, 6.45) is 4.72. The molecule has 13 N–H and O–H groups in total. The average molecular weight is 647 g/mol. The minimum absolute atomic E-state index is 0.0361. The van der Waals surface area contributed by atoms with Crippen molar-refractivity contribution >= 4 is 47.3 Å². The van der Waals surface area contributed by atoms with E-state index in [2.05, 4.69) is 21.3 Å². The summed E-state index contributed by atoms with van der Waals surface area (Å²) in [5.41, 5.74) is 22.3. The molecule has 5 atom stereocenters. The average Bonchev–Trinajstić information content (AvgIpc) is 2.95. The molecule has 0 aliphatic carbocycles. The predicted octanol–water partition coefficient (Wildman–Crippen LogP) is -1.34. The van der Waals surface area contributed by atoms with Crippen molar-refractivity contribution in [2.45, 2.75) is 108 Å². The molecule has 0 radical (unpaired) electrons. The summed E-state index contributed by atoms with van der Waals surface area (Å²) in [6, 6.07) is -5.34. The molecular formula is C28H54N8O7S. The van der Waals surface area contributed by atoms with Crippen molar-refractivity contribution in [3.8, 4) is 0 Å². The Balaban J connectivity index is 5.87. The highest BCUT2D eigenvalue weighted by Crippen LogP contribution is 2.10. The number of carbonyl (C=O) groups is 6. The van der Waals surface area contributed by atoms with Crippen molar-refractivity contribution in [1.29, 1.82) is 0 Å². The van der Waals surface area contributed by atoms with Crippen molar-refractivity contribution in [3.63, 3.8) is 0 Å². The molecule has 15 nitrogen and oxygen atoms in total. The van der Waals surface area contributed by atoms with Crippen molar-refractivity contribution < 1.29 is 33.9 Å². The first-order chi connectivity index (χ1) is 20.8. The Morgan fingerprint density at radius 1 is 0.682 bits per heavy atom. The Morgan fingerprint density at radius 2 is 1.14 bits per heavy atom. The first-order valence-electron chi connectivity index (χ1n) is 15.1. The molecule has 0 aliphatic rings. The van der Waals surface area contributed by atoms with Crippen molar-refractivity contribution in [3.05, 3.63) is 0 Å². The molecule has 254 valence electrons. The Bertz CT molecular complexity index is 924. The van der Waals surface area contributed by atoms with Gasteiger partial charge in [0.2, 0.25) is 29.5 Å². The number of carbonyl (C=O) groups excluding carboxylic acids is 5. The Morgan fingerprint density at radius 3 is 1.57 bits per heavy atom. The maximum atomic E-state index is 13.5. The van der Waals surface area contributed by atoms with Crippen LogP contribution in [-0.2, 0) is 28.8 Å². The molecule has 0 fully saturated rings. The third kappa shape index (κ3) is 18.0. The number of nitrogens with two attached hydrogens (primary N) is 4. The zero-order valence-electron chi connectivity index (χ0n) is 26.3. The van der Waals surface area contributed by atoms with Crippen LogP contribution in [0, 0.1) is 5.92 Å². The fraction of sp³-hybridized carbons (Fsp3) is 0.786. The summed E-state index contributed by atoms with van der Waals surface area (Å²) in [4.78, 5) is 75.5. The zero-order chi connectivity index (χ0) is 33.7. The molecule has 0 saturated carbocycles. The molecule has 0 unspecified atom stereocenters. The van der Waals surface area contributed by atoms with Crippen LogP contribution in [0.3, 0.4) is 0 Å². The number of rotatable bonds is 25. The number of carboxylic acid groups (broad SMARTS) is 1. The summed E-state index contributed by atoms with van der Waals surface area (Å²) < 4.78 is 0. The van der Waals surface area contributed by atoms with Gasteiger partial charge in [-0.3, -0.25) is 24.0 Å². The van der Waals surface area contributed by atoms with Gasteiger partial charge in [0.25, 0.3) is 0 Å². The Labute approximate surface area is 264 Å². The first kappa shape index (κ1) is 41.0. The van der Waals surface area contributed by atoms with Crippen LogP contribution in [0.15, 0.2) is 0 Å². The van der Waals surface area contributed by atoms with Crippen LogP contribution < -0.4 is 44.2 Å². The zero-order valence-corrected chi connectivity index (χ0v) is 27.1. The van der Waals surface area contributed by atoms with E-state index in [1.807, 2.05) is 20.1 Å². The lowest BCUT2D eigenvalue weighted by atomic mass is 10.0. The minimum Gasteiger partial charge on any atom is -0.480 e. The lowest BCUT2D eigenvalue weighted by Gasteiger charge is -2.27. The van der Waals surface area contributed by atoms with E-state index in [1.165, 1.54) is 0 Å². The number of aliphatic carboxylic acids is 1. The van der Waals surface area contributed by atoms with Gasteiger partial charge < -0.3 is 49.3 Å². The molecule has 5 amide bonds. The molecule has 0 bridgehead atoms. The predicted molar refractivity (Wildman–Crippen MR) is 170 cm³/mol. The van der Waals surface area contributed by atoms with Gasteiger partial charge in [0, 0.05) is 6.42 Å². The van der Waals surface area contributed by atoms with Gasteiger partial charge in [-0.1, -0.05) is 13.8 Å². The highest BCUT2D eigenvalue weighted by Gasteiger charge is 2.32. The molecule has 16 heteroatoms. The Hall–Kier alpha value is -2.95. The summed E-state index contributed by atoms with van der Waals surface area (Å²) in [5.74, 6) is -3.88. The van der Waals surface area contributed by atoms with E-state index >= 15 is 0 Å². The normalized spacial score (nSPS) is 14.5. The maximum Gasteiger partial charge on any atom is 0.326 e. The smallest absolute Gasteiger partial charge is 0.326 e. The van der Waals surface area contributed by atoms with Gasteiger partial charge in [-0.2, -0.15) is 11.8 Å². The third-order valence-electron chi connectivity index (χ3n) is 6.76. The summed E-state index contributed by atoms with van der Waals surface area (Å²) in [7, 11) is 0. The number of hydrogen-bond acceptors (Lipinski definition) is 10. The molecule has 44 heavy (non-hydrogen) atoms. The number of hydrogen-bond donors (Lipinski definition) is 9. The molecule has 0 aromatic carbocycles. The van der Waals surface area contributed by atoms with Crippen LogP contribution in [-0.4, -0.2) is 95.9 Å². The number of thioether (sulfide) groups is 1. The van der Waals surface area contributed by atoms with Gasteiger partial charge in [0.05, 0.1) is 6.04 Å². The van der Waals surface area contributed by atoms with Crippen LogP contribution >= 0.6 is 11.8 Å². The SMILES string of the molecule is CSCC[C@H](N)C(=O)N[C@@H](CCCCN)C(=O)N[C@@H](CC(C)C)C(=O)N[C@@H](CCCCN)C(=O)N[C@@H](CCC(N)=O)C(=O)O. The van der Waals surface area contributed by atoms with Crippen LogP contribution in [0.1, 0.15) is 78.1 Å². The lowest BCUT2D eigenvalue weighted by molar-refractivity contribution is -0.142. The van der Waals surface area contributed by atoms with Gasteiger partial charge in [0.1, 0.15) is 24.2 Å². The molecule has 0 spiro atoms. The van der Waals surface area contributed by atoms with Crippen LogP contribution in [0.2, 0.25) is 0 Å². The number of nitrogens with one attached hydrogen (secondary N) is 4.